The molecule has 22 heavy (non-hydrogen) atoms. The van der Waals surface area contributed by atoms with Crippen molar-refractivity contribution < 1.29 is 27.1 Å². The molecule has 116 valence electrons. The largest absolute Gasteiger partial charge is 0.573 e. The zero-order valence-electron chi connectivity index (χ0n) is 10.9. The lowest BCUT2D eigenvalue weighted by Crippen LogP contribution is -2.19. The number of urea groups is 1. The van der Waals surface area contributed by atoms with Crippen LogP contribution in [0.25, 0.3) is 0 Å². The fourth-order valence-corrected chi connectivity index (χ4v) is 1.60. The van der Waals surface area contributed by atoms with Crippen LogP contribution in [0.4, 0.5) is 33.7 Å². The van der Waals surface area contributed by atoms with Crippen LogP contribution in [0.5, 0.6) is 5.75 Å². The lowest BCUT2D eigenvalue weighted by molar-refractivity contribution is -0.274. The predicted octanol–water partition coefficient (Wildman–Crippen LogP) is 4.37. The minimum atomic E-state index is -4.77. The molecule has 2 rings (SSSR count). The number of carbonyl (C=O) groups excluding carboxylic acids is 1. The van der Waals surface area contributed by atoms with E-state index in [1.54, 1.807) is 0 Å². The van der Waals surface area contributed by atoms with Crippen molar-refractivity contribution in [3.8, 4) is 5.75 Å². The number of amides is 2. The van der Waals surface area contributed by atoms with E-state index in [9.17, 15) is 22.4 Å². The van der Waals surface area contributed by atoms with Gasteiger partial charge in [-0.05, 0) is 42.5 Å². The number of halogens is 4. The van der Waals surface area contributed by atoms with E-state index < -0.39 is 24.0 Å². The third-order valence-electron chi connectivity index (χ3n) is 2.43. The second-order valence-electron chi connectivity index (χ2n) is 4.16. The Balaban J connectivity index is 1.94. The molecule has 0 spiro atoms. The van der Waals surface area contributed by atoms with Crippen molar-refractivity contribution in [2.24, 2.45) is 0 Å². The summed E-state index contributed by atoms with van der Waals surface area (Å²) in [5.74, 6) is -0.907. The Morgan fingerprint density at radius 1 is 0.955 bits per heavy atom. The van der Waals surface area contributed by atoms with E-state index in [1.807, 2.05) is 0 Å². The maximum absolute atomic E-state index is 12.9. The molecule has 0 aliphatic carbocycles. The summed E-state index contributed by atoms with van der Waals surface area (Å²) in [7, 11) is 0. The third kappa shape index (κ3) is 4.97. The number of hydrogen-bond acceptors (Lipinski definition) is 2. The Morgan fingerprint density at radius 2 is 1.59 bits per heavy atom. The fraction of sp³-hybridized carbons (Fsp3) is 0.0714. The van der Waals surface area contributed by atoms with E-state index in [4.69, 9.17) is 0 Å². The summed E-state index contributed by atoms with van der Waals surface area (Å²) in [5.41, 5.74) is 0.498. The Kier molecular flexibility index (Phi) is 4.50. The molecule has 2 aromatic carbocycles. The van der Waals surface area contributed by atoms with Gasteiger partial charge in [0, 0.05) is 11.4 Å². The number of nitrogens with one attached hydrogen (secondary N) is 2. The zero-order valence-corrected chi connectivity index (χ0v) is 10.9. The van der Waals surface area contributed by atoms with Crippen molar-refractivity contribution in [3.63, 3.8) is 0 Å². The van der Waals surface area contributed by atoms with Crippen molar-refractivity contribution >= 4 is 17.4 Å². The normalized spacial score (nSPS) is 10.9. The Hall–Kier alpha value is -2.77. The van der Waals surface area contributed by atoms with Gasteiger partial charge in [0.25, 0.3) is 0 Å². The van der Waals surface area contributed by atoms with Crippen LogP contribution in [0, 0.1) is 5.82 Å². The Bertz CT molecular complexity index is 657. The molecule has 0 unspecified atom stereocenters. The van der Waals surface area contributed by atoms with Gasteiger partial charge in [-0.2, -0.15) is 0 Å². The van der Waals surface area contributed by atoms with Crippen LogP contribution in [0.3, 0.4) is 0 Å². The maximum atomic E-state index is 12.9. The van der Waals surface area contributed by atoms with Crippen LogP contribution >= 0.6 is 0 Å². The Labute approximate surface area is 122 Å². The molecule has 0 atom stereocenters. The quantitative estimate of drug-likeness (QED) is 0.827. The molecule has 8 heteroatoms. The highest BCUT2D eigenvalue weighted by atomic mass is 19.4. The molecular formula is C14H10F4N2O2. The van der Waals surface area contributed by atoms with Crippen molar-refractivity contribution in [2.75, 3.05) is 10.6 Å². The Morgan fingerprint density at radius 3 is 2.18 bits per heavy atom. The first kappa shape index (κ1) is 15.6. The number of carbonyl (C=O) groups is 1. The minimum Gasteiger partial charge on any atom is -0.406 e. The molecule has 0 saturated heterocycles. The number of ether oxygens (including phenoxy) is 1. The molecular weight excluding hydrogens is 304 g/mol. The number of rotatable bonds is 3. The number of hydrogen-bond donors (Lipinski definition) is 2. The van der Waals surface area contributed by atoms with Gasteiger partial charge in [-0.15, -0.1) is 13.2 Å². The number of anilines is 2. The molecule has 2 aromatic rings. The van der Waals surface area contributed by atoms with Gasteiger partial charge >= 0.3 is 12.4 Å². The lowest BCUT2D eigenvalue weighted by atomic mass is 10.3. The van der Waals surface area contributed by atoms with E-state index in [1.165, 1.54) is 30.3 Å². The second kappa shape index (κ2) is 6.33. The van der Waals surface area contributed by atoms with Gasteiger partial charge < -0.3 is 15.4 Å². The molecule has 0 radical (unpaired) electrons. The molecule has 0 aromatic heterocycles. The summed E-state index contributed by atoms with van der Waals surface area (Å²) in [5, 5.41) is 4.77. The van der Waals surface area contributed by atoms with Crippen LogP contribution in [-0.2, 0) is 0 Å². The highest BCUT2D eigenvalue weighted by Crippen LogP contribution is 2.24. The van der Waals surface area contributed by atoms with Crippen molar-refractivity contribution in [1.82, 2.24) is 0 Å². The summed E-state index contributed by atoms with van der Waals surface area (Å²) < 4.78 is 52.6. The highest BCUT2D eigenvalue weighted by molar-refractivity contribution is 5.99. The molecule has 0 bridgehead atoms. The number of alkyl halides is 3. The van der Waals surface area contributed by atoms with E-state index in [2.05, 4.69) is 15.4 Å². The first-order chi connectivity index (χ1) is 10.3. The van der Waals surface area contributed by atoms with Crippen molar-refractivity contribution in [2.45, 2.75) is 6.36 Å². The predicted molar refractivity (Wildman–Crippen MR) is 72.2 cm³/mol. The summed E-state index contributed by atoms with van der Waals surface area (Å²) in [4.78, 5) is 11.7. The molecule has 0 heterocycles. The second-order valence-corrected chi connectivity index (χ2v) is 4.16. The van der Waals surface area contributed by atoms with Gasteiger partial charge in [-0.25, -0.2) is 9.18 Å². The van der Waals surface area contributed by atoms with E-state index in [-0.39, 0.29) is 11.4 Å². The van der Waals surface area contributed by atoms with Crippen LogP contribution in [0.1, 0.15) is 0 Å². The highest BCUT2D eigenvalue weighted by Gasteiger charge is 2.30. The first-order valence-electron chi connectivity index (χ1n) is 6.01. The molecule has 2 amide bonds. The van der Waals surface area contributed by atoms with Crippen molar-refractivity contribution in [3.05, 3.63) is 54.3 Å². The van der Waals surface area contributed by atoms with Gasteiger partial charge in [-0.1, -0.05) is 6.07 Å². The van der Waals surface area contributed by atoms with Gasteiger partial charge in [-0.3, -0.25) is 0 Å². The minimum absolute atomic E-state index is 0.245. The molecule has 4 nitrogen and oxygen atoms in total. The van der Waals surface area contributed by atoms with Gasteiger partial charge in [0.1, 0.15) is 11.6 Å². The van der Waals surface area contributed by atoms with Crippen LogP contribution in [0.15, 0.2) is 48.5 Å². The molecule has 0 saturated carbocycles. The average Bonchev–Trinajstić information content (AvgIpc) is 2.39. The standard InChI is InChI=1S/C14H10F4N2O2/c15-9-2-1-3-11(8-9)20-13(21)19-10-4-6-12(7-5-10)22-14(16,17)18/h1-8H,(H2,19,20,21). The monoisotopic (exact) mass is 314 g/mol. The van der Waals surface area contributed by atoms with Gasteiger partial charge in [0.05, 0.1) is 0 Å². The van der Waals surface area contributed by atoms with E-state index in [0.717, 1.165) is 18.2 Å². The van der Waals surface area contributed by atoms with Crippen molar-refractivity contribution in [1.29, 1.82) is 0 Å². The van der Waals surface area contributed by atoms with Crippen LogP contribution < -0.4 is 15.4 Å². The van der Waals surface area contributed by atoms with Crippen LogP contribution in [-0.4, -0.2) is 12.4 Å². The maximum Gasteiger partial charge on any atom is 0.573 e. The zero-order chi connectivity index (χ0) is 16.2. The number of benzene rings is 2. The molecule has 0 aliphatic heterocycles. The average molecular weight is 314 g/mol. The SMILES string of the molecule is O=C(Nc1ccc(OC(F)(F)F)cc1)Nc1cccc(F)c1. The molecule has 0 fully saturated rings. The third-order valence-corrected chi connectivity index (χ3v) is 2.43. The summed E-state index contributed by atoms with van der Waals surface area (Å²) in [6, 6.07) is 9.21. The first-order valence-corrected chi connectivity index (χ1v) is 6.01. The molecule has 2 N–H and O–H groups in total. The van der Waals surface area contributed by atoms with E-state index >= 15 is 0 Å². The summed E-state index contributed by atoms with van der Waals surface area (Å²) in [6.07, 6.45) is -4.77. The van der Waals surface area contributed by atoms with Gasteiger partial charge in [0.2, 0.25) is 0 Å². The smallest absolute Gasteiger partial charge is 0.406 e. The topological polar surface area (TPSA) is 50.4 Å². The van der Waals surface area contributed by atoms with Gasteiger partial charge in [0.15, 0.2) is 0 Å². The van der Waals surface area contributed by atoms with E-state index in [0.29, 0.717) is 0 Å². The summed E-state index contributed by atoms with van der Waals surface area (Å²) >= 11 is 0. The van der Waals surface area contributed by atoms with Crippen LogP contribution in [0.2, 0.25) is 0 Å². The molecule has 0 aliphatic rings. The summed E-state index contributed by atoms with van der Waals surface area (Å²) in [6.45, 7) is 0. The lowest BCUT2D eigenvalue weighted by Gasteiger charge is -2.10. The fourth-order valence-electron chi connectivity index (χ4n) is 1.60.